The Morgan fingerprint density at radius 2 is 1.64 bits per heavy atom. The molecule has 1 aromatic carbocycles. The molecule has 0 bridgehead atoms. The van der Waals surface area contributed by atoms with E-state index in [1.54, 1.807) is 0 Å². The Morgan fingerprint density at radius 3 is 2.14 bits per heavy atom. The molecule has 14 heavy (non-hydrogen) atoms. The van der Waals surface area contributed by atoms with Gasteiger partial charge < -0.3 is 5.73 Å². The molecule has 2 N–H and O–H groups in total. The van der Waals surface area contributed by atoms with Gasteiger partial charge in [-0.3, -0.25) is 0 Å². The average molecular weight is 209 g/mol. The van der Waals surface area contributed by atoms with Crippen molar-refractivity contribution in [3.05, 3.63) is 35.9 Å². The number of nitrogens with two attached hydrogens (primary N) is 1. The third-order valence-corrected chi connectivity index (χ3v) is 3.44. The van der Waals surface area contributed by atoms with E-state index in [1.807, 2.05) is 30.0 Å². The first-order valence-electron chi connectivity index (χ1n) is 5.07. The molecule has 0 saturated carbocycles. The van der Waals surface area contributed by atoms with E-state index in [4.69, 9.17) is 5.73 Å². The first-order chi connectivity index (χ1) is 6.61. The molecule has 1 nitrogen and oxygen atoms in total. The monoisotopic (exact) mass is 209 g/mol. The van der Waals surface area contributed by atoms with Crippen LogP contribution in [0.25, 0.3) is 0 Å². The predicted octanol–water partition coefficient (Wildman–Crippen LogP) is 3.22. The standard InChI is InChI=1S/C12H19NS/c1-9(2)14-10(3)12(13)11-7-5-4-6-8-11/h4-10,12H,13H2,1-3H3. The van der Waals surface area contributed by atoms with Gasteiger partial charge in [-0.25, -0.2) is 0 Å². The van der Waals surface area contributed by atoms with Crippen LogP contribution < -0.4 is 5.73 Å². The molecule has 78 valence electrons. The Labute approximate surface area is 91.1 Å². The summed E-state index contributed by atoms with van der Waals surface area (Å²) in [7, 11) is 0. The molecular formula is C12H19NS. The minimum absolute atomic E-state index is 0.142. The lowest BCUT2D eigenvalue weighted by molar-refractivity contribution is 0.712. The molecule has 0 saturated heterocycles. The van der Waals surface area contributed by atoms with Crippen LogP contribution in [0, 0.1) is 0 Å². The van der Waals surface area contributed by atoms with Crippen molar-refractivity contribution in [2.45, 2.75) is 37.3 Å². The quantitative estimate of drug-likeness (QED) is 0.824. The van der Waals surface area contributed by atoms with Gasteiger partial charge in [0.05, 0.1) is 0 Å². The summed E-state index contributed by atoms with van der Waals surface area (Å²) in [5, 5.41) is 1.11. The summed E-state index contributed by atoms with van der Waals surface area (Å²) < 4.78 is 0. The zero-order valence-corrected chi connectivity index (χ0v) is 9.92. The van der Waals surface area contributed by atoms with Gasteiger partial charge in [0.2, 0.25) is 0 Å². The average Bonchev–Trinajstić information content (AvgIpc) is 2.17. The molecule has 0 aliphatic heterocycles. The summed E-state index contributed by atoms with van der Waals surface area (Å²) in [5.74, 6) is 0. The Kier molecular flexibility index (Phi) is 4.49. The van der Waals surface area contributed by atoms with Gasteiger partial charge in [-0.1, -0.05) is 51.1 Å². The van der Waals surface area contributed by atoms with E-state index >= 15 is 0 Å². The van der Waals surface area contributed by atoms with Gasteiger partial charge >= 0.3 is 0 Å². The molecule has 0 fully saturated rings. The van der Waals surface area contributed by atoms with Crippen molar-refractivity contribution in [1.82, 2.24) is 0 Å². The molecule has 1 aromatic rings. The summed E-state index contributed by atoms with van der Waals surface area (Å²) >= 11 is 1.93. The van der Waals surface area contributed by atoms with Crippen molar-refractivity contribution < 1.29 is 0 Å². The maximum atomic E-state index is 6.17. The fraction of sp³-hybridized carbons (Fsp3) is 0.500. The van der Waals surface area contributed by atoms with E-state index < -0.39 is 0 Å². The summed E-state index contributed by atoms with van der Waals surface area (Å²) in [6.07, 6.45) is 0. The predicted molar refractivity (Wildman–Crippen MR) is 65.6 cm³/mol. The lowest BCUT2D eigenvalue weighted by Gasteiger charge is -2.21. The zero-order valence-electron chi connectivity index (χ0n) is 9.10. The highest BCUT2D eigenvalue weighted by atomic mass is 32.2. The Balaban J connectivity index is 2.61. The second-order valence-corrected chi connectivity index (χ2v) is 5.78. The molecule has 0 radical (unpaired) electrons. The number of benzene rings is 1. The number of rotatable bonds is 4. The van der Waals surface area contributed by atoms with Crippen LogP contribution in [0.3, 0.4) is 0 Å². The van der Waals surface area contributed by atoms with Crippen LogP contribution in [-0.4, -0.2) is 10.5 Å². The van der Waals surface area contributed by atoms with Gasteiger partial charge in [-0.05, 0) is 10.8 Å². The molecule has 0 heterocycles. The first kappa shape index (κ1) is 11.6. The fourth-order valence-electron chi connectivity index (χ4n) is 1.46. The Hall–Kier alpha value is -0.470. The Bertz CT molecular complexity index is 258. The largest absolute Gasteiger partial charge is 0.323 e. The van der Waals surface area contributed by atoms with Gasteiger partial charge in [-0.2, -0.15) is 11.8 Å². The molecule has 2 atom stereocenters. The highest BCUT2D eigenvalue weighted by Crippen LogP contribution is 2.26. The van der Waals surface area contributed by atoms with Gasteiger partial charge in [0.1, 0.15) is 0 Å². The summed E-state index contributed by atoms with van der Waals surface area (Å²) in [5.41, 5.74) is 7.40. The number of hydrogen-bond acceptors (Lipinski definition) is 2. The van der Waals surface area contributed by atoms with E-state index in [0.29, 0.717) is 10.5 Å². The Morgan fingerprint density at radius 1 is 1.07 bits per heavy atom. The van der Waals surface area contributed by atoms with Crippen LogP contribution in [0.2, 0.25) is 0 Å². The smallest absolute Gasteiger partial charge is 0.0412 e. The minimum Gasteiger partial charge on any atom is -0.323 e. The SMILES string of the molecule is CC(C)SC(C)C(N)c1ccccc1. The molecular weight excluding hydrogens is 190 g/mol. The van der Waals surface area contributed by atoms with Crippen LogP contribution in [0.1, 0.15) is 32.4 Å². The molecule has 0 aromatic heterocycles. The molecule has 0 aliphatic rings. The van der Waals surface area contributed by atoms with E-state index in [9.17, 15) is 0 Å². The van der Waals surface area contributed by atoms with E-state index in [2.05, 4.69) is 32.9 Å². The topological polar surface area (TPSA) is 26.0 Å². The number of thioether (sulfide) groups is 1. The molecule has 0 aliphatic carbocycles. The third-order valence-electron chi connectivity index (χ3n) is 2.18. The van der Waals surface area contributed by atoms with Crippen LogP contribution in [0.5, 0.6) is 0 Å². The molecule has 0 amide bonds. The van der Waals surface area contributed by atoms with Crippen LogP contribution in [0.4, 0.5) is 0 Å². The van der Waals surface area contributed by atoms with Crippen molar-refractivity contribution in [2.75, 3.05) is 0 Å². The fourth-order valence-corrected chi connectivity index (χ4v) is 2.65. The normalized spacial score (nSPS) is 15.5. The van der Waals surface area contributed by atoms with Crippen molar-refractivity contribution in [3.8, 4) is 0 Å². The van der Waals surface area contributed by atoms with Gasteiger partial charge in [0.15, 0.2) is 0 Å². The lowest BCUT2D eigenvalue weighted by atomic mass is 10.1. The third kappa shape index (κ3) is 3.35. The van der Waals surface area contributed by atoms with Gasteiger partial charge in [0, 0.05) is 11.3 Å². The highest BCUT2D eigenvalue weighted by molar-refractivity contribution is 8.00. The van der Waals surface area contributed by atoms with Crippen molar-refractivity contribution >= 4 is 11.8 Å². The van der Waals surface area contributed by atoms with Crippen molar-refractivity contribution in [1.29, 1.82) is 0 Å². The molecule has 1 rings (SSSR count). The summed E-state index contributed by atoms with van der Waals surface area (Å²) in [6.45, 7) is 6.61. The van der Waals surface area contributed by atoms with Crippen LogP contribution in [-0.2, 0) is 0 Å². The van der Waals surface area contributed by atoms with E-state index in [-0.39, 0.29) is 6.04 Å². The van der Waals surface area contributed by atoms with Gasteiger partial charge in [0.25, 0.3) is 0 Å². The van der Waals surface area contributed by atoms with Crippen LogP contribution >= 0.6 is 11.8 Å². The van der Waals surface area contributed by atoms with Crippen molar-refractivity contribution in [2.24, 2.45) is 5.73 Å². The van der Waals surface area contributed by atoms with Gasteiger partial charge in [-0.15, -0.1) is 0 Å². The lowest BCUT2D eigenvalue weighted by Crippen LogP contribution is -2.22. The van der Waals surface area contributed by atoms with E-state index in [1.165, 1.54) is 5.56 Å². The minimum atomic E-state index is 0.142. The maximum Gasteiger partial charge on any atom is 0.0412 e. The summed E-state index contributed by atoms with van der Waals surface area (Å²) in [4.78, 5) is 0. The molecule has 2 heteroatoms. The molecule has 2 unspecified atom stereocenters. The van der Waals surface area contributed by atoms with Crippen LogP contribution in [0.15, 0.2) is 30.3 Å². The second-order valence-electron chi connectivity index (χ2n) is 3.83. The zero-order chi connectivity index (χ0) is 10.6. The summed E-state index contributed by atoms with van der Waals surface area (Å²) in [6, 6.07) is 10.5. The second kappa shape index (κ2) is 5.42. The maximum absolute atomic E-state index is 6.17. The molecule has 0 spiro atoms. The number of hydrogen-bond donors (Lipinski definition) is 1. The van der Waals surface area contributed by atoms with Crippen molar-refractivity contribution in [3.63, 3.8) is 0 Å². The van der Waals surface area contributed by atoms with E-state index in [0.717, 1.165) is 0 Å². The first-order valence-corrected chi connectivity index (χ1v) is 6.01. The highest BCUT2D eigenvalue weighted by Gasteiger charge is 2.15.